The predicted molar refractivity (Wildman–Crippen MR) is 101 cm³/mol. The number of nitro benzene ring substituents is 1. The lowest BCUT2D eigenvalue weighted by molar-refractivity contribution is -0.385. The van der Waals surface area contributed by atoms with E-state index in [-0.39, 0.29) is 29.1 Å². The number of para-hydroxylation sites is 1. The van der Waals surface area contributed by atoms with Crippen molar-refractivity contribution in [3.63, 3.8) is 0 Å². The number of hydrogen-bond acceptors (Lipinski definition) is 5. The van der Waals surface area contributed by atoms with Gasteiger partial charge in [-0.05, 0) is 63.2 Å². The Morgan fingerprint density at radius 1 is 1.18 bits per heavy atom. The van der Waals surface area contributed by atoms with E-state index in [0.29, 0.717) is 17.8 Å². The molecule has 1 aromatic rings. The van der Waals surface area contributed by atoms with E-state index in [0.717, 1.165) is 19.3 Å². The second-order valence-electron chi connectivity index (χ2n) is 8.88. The molecular weight excluding hydrogens is 360 g/mol. The Hall–Kier alpha value is -2.44. The van der Waals surface area contributed by atoms with Crippen molar-refractivity contribution in [3.05, 3.63) is 39.9 Å². The van der Waals surface area contributed by atoms with Gasteiger partial charge in [-0.1, -0.05) is 18.2 Å². The molecule has 4 aliphatic rings. The first-order chi connectivity index (χ1) is 13.3. The molecule has 5 rings (SSSR count). The van der Waals surface area contributed by atoms with Gasteiger partial charge in [-0.15, -0.1) is 0 Å². The summed E-state index contributed by atoms with van der Waals surface area (Å²) in [5, 5.41) is 14.3. The average molecular weight is 386 g/mol. The molecule has 0 radical (unpaired) electrons. The van der Waals surface area contributed by atoms with Crippen LogP contribution in [0.3, 0.4) is 0 Å². The van der Waals surface area contributed by atoms with Gasteiger partial charge >= 0.3 is 5.97 Å². The zero-order valence-electron chi connectivity index (χ0n) is 16.1. The number of benzene rings is 1. The molecule has 0 spiro atoms. The van der Waals surface area contributed by atoms with E-state index in [4.69, 9.17) is 4.74 Å². The molecule has 1 N–H and O–H groups in total. The fourth-order valence-electron chi connectivity index (χ4n) is 5.91. The van der Waals surface area contributed by atoms with E-state index in [1.165, 1.54) is 31.4 Å². The summed E-state index contributed by atoms with van der Waals surface area (Å²) in [6.07, 6.45) is 5.81. The fraction of sp³-hybridized carbons (Fsp3) is 0.619. The van der Waals surface area contributed by atoms with Crippen LogP contribution in [0.2, 0.25) is 0 Å². The highest BCUT2D eigenvalue weighted by Crippen LogP contribution is 2.55. The van der Waals surface area contributed by atoms with Crippen LogP contribution in [0, 0.1) is 27.9 Å². The minimum atomic E-state index is -0.914. The third-order valence-corrected chi connectivity index (χ3v) is 6.63. The maximum atomic E-state index is 12.7. The number of nitrogens with one attached hydrogen (secondary N) is 1. The fourth-order valence-corrected chi connectivity index (χ4v) is 5.91. The van der Waals surface area contributed by atoms with Crippen LogP contribution in [0.5, 0.6) is 0 Å². The highest BCUT2D eigenvalue weighted by molar-refractivity contribution is 5.84. The summed E-state index contributed by atoms with van der Waals surface area (Å²) in [7, 11) is 0. The summed E-state index contributed by atoms with van der Waals surface area (Å²) in [5.74, 6) is 1.23. The van der Waals surface area contributed by atoms with Crippen LogP contribution in [0.4, 0.5) is 5.69 Å². The first kappa shape index (κ1) is 18.9. The van der Waals surface area contributed by atoms with Gasteiger partial charge < -0.3 is 10.1 Å². The van der Waals surface area contributed by atoms with Crippen molar-refractivity contribution in [1.82, 2.24) is 5.32 Å². The van der Waals surface area contributed by atoms with E-state index in [9.17, 15) is 19.7 Å². The van der Waals surface area contributed by atoms with Gasteiger partial charge in [0.05, 0.1) is 11.3 Å². The second-order valence-corrected chi connectivity index (χ2v) is 8.88. The van der Waals surface area contributed by atoms with Crippen molar-refractivity contribution in [2.75, 3.05) is 0 Å². The smallest absolute Gasteiger partial charge is 0.311 e. The quantitative estimate of drug-likeness (QED) is 0.460. The van der Waals surface area contributed by atoms with Crippen LogP contribution in [-0.2, 0) is 20.7 Å². The zero-order chi connectivity index (χ0) is 19.9. The molecule has 4 bridgehead atoms. The molecule has 1 aromatic carbocycles. The van der Waals surface area contributed by atoms with E-state index < -0.39 is 17.0 Å². The predicted octanol–water partition coefficient (Wildman–Crippen LogP) is 3.15. The molecule has 4 fully saturated rings. The van der Waals surface area contributed by atoms with Crippen molar-refractivity contribution in [2.24, 2.45) is 17.8 Å². The Labute approximate surface area is 164 Å². The van der Waals surface area contributed by atoms with Crippen LogP contribution >= 0.6 is 0 Å². The van der Waals surface area contributed by atoms with Gasteiger partial charge in [0.15, 0.2) is 6.10 Å². The van der Waals surface area contributed by atoms with Gasteiger partial charge in [-0.3, -0.25) is 19.7 Å². The number of rotatable bonds is 6. The zero-order valence-corrected chi connectivity index (χ0v) is 16.1. The molecule has 0 unspecified atom stereocenters. The molecule has 1 amide bonds. The SMILES string of the molecule is C[C@H](OC(=O)Cc1ccccc1[N+](=O)[O-])C(=O)NC12CC3CC(CC(C3)C1)C2. The molecule has 7 nitrogen and oxygen atoms in total. The van der Waals surface area contributed by atoms with Gasteiger partial charge in [0.25, 0.3) is 11.6 Å². The van der Waals surface area contributed by atoms with Gasteiger partial charge in [-0.2, -0.15) is 0 Å². The topological polar surface area (TPSA) is 98.5 Å². The molecule has 4 aliphatic carbocycles. The minimum absolute atomic E-state index is 0.120. The molecule has 4 saturated carbocycles. The second kappa shape index (κ2) is 7.18. The summed E-state index contributed by atoms with van der Waals surface area (Å²) in [6, 6.07) is 6.07. The Balaban J connectivity index is 1.35. The summed E-state index contributed by atoms with van der Waals surface area (Å²) in [6.45, 7) is 1.56. The highest BCUT2D eigenvalue weighted by Gasteiger charge is 2.51. The highest BCUT2D eigenvalue weighted by atomic mass is 16.6. The summed E-state index contributed by atoms with van der Waals surface area (Å²) in [5.41, 5.74) is 0.0290. The van der Waals surface area contributed by atoms with Crippen molar-refractivity contribution < 1.29 is 19.2 Å². The summed E-state index contributed by atoms with van der Waals surface area (Å²) < 4.78 is 5.29. The number of nitrogens with zero attached hydrogens (tertiary/aromatic N) is 1. The number of carbonyl (C=O) groups excluding carboxylic acids is 2. The number of hydrogen-bond donors (Lipinski definition) is 1. The number of carbonyl (C=O) groups is 2. The average Bonchev–Trinajstić information content (AvgIpc) is 2.60. The van der Waals surface area contributed by atoms with Crippen LogP contribution in [0.1, 0.15) is 51.0 Å². The van der Waals surface area contributed by atoms with Crippen molar-refractivity contribution in [2.45, 2.75) is 63.5 Å². The van der Waals surface area contributed by atoms with E-state index in [1.807, 2.05) is 0 Å². The lowest BCUT2D eigenvalue weighted by atomic mass is 9.53. The minimum Gasteiger partial charge on any atom is -0.452 e. The number of nitro groups is 1. The lowest BCUT2D eigenvalue weighted by Gasteiger charge is -2.57. The van der Waals surface area contributed by atoms with Crippen LogP contribution in [-0.4, -0.2) is 28.4 Å². The number of ether oxygens (including phenoxy) is 1. The normalized spacial score (nSPS) is 31.2. The van der Waals surface area contributed by atoms with Gasteiger partial charge in [-0.25, -0.2) is 0 Å². The Morgan fingerprint density at radius 2 is 1.75 bits per heavy atom. The van der Waals surface area contributed by atoms with Gasteiger partial charge in [0.2, 0.25) is 0 Å². The largest absolute Gasteiger partial charge is 0.452 e. The molecular formula is C21H26N2O5. The first-order valence-corrected chi connectivity index (χ1v) is 10.1. The third-order valence-electron chi connectivity index (χ3n) is 6.63. The molecule has 7 heteroatoms. The van der Waals surface area contributed by atoms with Crippen LogP contribution < -0.4 is 5.32 Å². The van der Waals surface area contributed by atoms with Crippen molar-refractivity contribution in [3.8, 4) is 0 Å². The number of esters is 1. The standard InChI is InChI=1S/C21H26N2O5/c1-13(28-19(24)9-17-4-2-3-5-18(17)23(26)27)20(25)22-21-10-14-6-15(11-21)8-16(7-14)12-21/h2-5,13-16H,6-12H2,1H3,(H,22,25)/t13-,14?,15?,16?,21?/m0/s1. The van der Waals surface area contributed by atoms with Gasteiger partial charge in [0, 0.05) is 17.2 Å². The Morgan fingerprint density at radius 3 is 2.32 bits per heavy atom. The molecule has 150 valence electrons. The van der Waals surface area contributed by atoms with Crippen molar-refractivity contribution >= 4 is 17.6 Å². The van der Waals surface area contributed by atoms with Gasteiger partial charge in [0.1, 0.15) is 0 Å². The lowest BCUT2D eigenvalue weighted by Crippen LogP contribution is -2.61. The molecule has 0 heterocycles. The van der Waals surface area contributed by atoms with E-state index in [1.54, 1.807) is 19.1 Å². The molecule has 28 heavy (non-hydrogen) atoms. The van der Waals surface area contributed by atoms with Crippen LogP contribution in [0.25, 0.3) is 0 Å². The first-order valence-electron chi connectivity index (χ1n) is 10.1. The van der Waals surface area contributed by atoms with E-state index >= 15 is 0 Å². The molecule has 0 aromatic heterocycles. The maximum Gasteiger partial charge on any atom is 0.311 e. The van der Waals surface area contributed by atoms with Crippen molar-refractivity contribution in [1.29, 1.82) is 0 Å². The summed E-state index contributed by atoms with van der Waals surface area (Å²) in [4.78, 5) is 35.5. The maximum absolute atomic E-state index is 12.7. The third kappa shape index (κ3) is 3.75. The molecule has 1 atom stereocenters. The molecule has 0 aliphatic heterocycles. The number of amides is 1. The Bertz CT molecular complexity index is 770. The Kier molecular flexibility index (Phi) is 4.85. The van der Waals surface area contributed by atoms with E-state index in [2.05, 4.69) is 5.32 Å². The monoisotopic (exact) mass is 386 g/mol. The molecule has 0 saturated heterocycles. The van der Waals surface area contributed by atoms with Crippen LogP contribution in [0.15, 0.2) is 24.3 Å². The summed E-state index contributed by atoms with van der Waals surface area (Å²) >= 11 is 0.